The highest BCUT2D eigenvalue weighted by Gasteiger charge is 2.73. The smallest absolute Gasteiger partial charge is 0.408 e. The summed E-state index contributed by atoms with van der Waals surface area (Å²) in [6.45, 7) is 5.08. The number of aldehydes is 1. The Hall–Kier alpha value is -2.19. The summed E-state index contributed by atoms with van der Waals surface area (Å²) in [5.41, 5.74) is -1.75. The average Bonchev–Trinajstić information content (AvgIpc) is 3.31. The summed E-state index contributed by atoms with van der Waals surface area (Å²) in [6, 6.07) is 14.9. The van der Waals surface area contributed by atoms with Crippen LogP contribution in [0.3, 0.4) is 0 Å². The van der Waals surface area contributed by atoms with E-state index in [1.165, 1.54) is 12.1 Å². The van der Waals surface area contributed by atoms with E-state index in [1.807, 2.05) is 0 Å². The Morgan fingerprint density at radius 1 is 1.10 bits per heavy atom. The fourth-order valence-corrected chi connectivity index (χ4v) is 6.02. The van der Waals surface area contributed by atoms with E-state index in [2.05, 4.69) is 21.2 Å². The number of hydrogen-bond acceptors (Lipinski definition) is 5. The zero-order chi connectivity index (χ0) is 21.4. The highest BCUT2D eigenvalue weighted by Crippen LogP contribution is 2.56. The molecule has 2 aromatic carbocycles. The van der Waals surface area contributed by atoms with Crippen LogP contribution in [0.15, 0.2) is 64.0 Å². The lowest BCUT2D eigenvalue weighted by molar-refractivity contribution is -0.110. The zero-order valence-corrected chi connectivity index (χ0v) is 18.7. The van der Waals surface area contributed by atoms with Gasteiger partial charge < -0.3 is 14.8 Å². The summed E-state index contributed by atoms with van der Waals surface area (Å²) >= 11 is 3.35. The maximum absolute atomic E-state index is 13.3. The SMILES string of the molecule is CC(C)(C)OC(=O)N[C@]1(C=O)[C@@H](c2ccc(Br)cc2)[C@@H]1S(=O)(=O)c1ccccc1. The number of benzene rings is 2. The van der Waals surface area contributed by atoms with Gasteiger partial charge in [-0.3, -0.25) is 0 Å². The summed E-state index contributed by atoms with van der Waals surface area (Å²) in [5, 5.41) is 1.41. The highest BCUT2D eigenvalue weighted by molar-refractivity contribution is 9.10. The van der Waals surface area contributed by atoms with E-state index >= 15 is 0 Å². The molecule has 0 saturated heterocycles. The largest absolute Gasteiger partial charge is 0.444 e. The fourth-order valence-electron chi connectivity index (χ4n) is 3.49. The molecule has 6 nitrogen and oxygen atoms in total. The molecule has 3 rings (SSSR count). The van der Waals surface area contributed by atoms with Gasteiger partial charge in [-0.05, 0) is 50.6 Å². The van der Waals surface area contributed by atoms with E-state index < -0.39 is 38.2 Å². The number of carbonyl (C=O) groups excluding carboxylic acids is 2. The van der Waals surface area contributed by atoms with Gasteiger partial charge in [0.05, 0.1) is 4.90 Å². The topological polar surface area (TPSA) is 89.5 Å². The number of hydrogen-bond donors (Lipinski definition) is 1. The first-order chi connectivity index (χ1) is 13.5. The molecule has 2 aromatic rings. The van der Waals surface area contributed by atoms with E-state index in [9.17, 15) is 18.0 Å². The molecule has 0 aromatic heterocycles. The molecule has 29 heavy (non-hydrogen) atoms. The fraction of sp³-hybridized carbons (Fsp3) is 0.333. The summed E-state index contributed by atoms with van der Waals surface area (Å²) in [7, 11) is -3.90. The van der Waals surface area contributed by atoms with Crippen molar-refractivity contribution >= 4 is 38.1 Å². The van der Waals surface area contributed by atoms with E-state index in [1.54, 1.807) is 63.2 Å². The Bertz CT molecular complexity index is 1020. The number of alkyl carbamates (subject to hydrolysis) is 1. The van der Waals surface area contributed by atoms with Crippen LogP contribution in [0.5, 0.6) is 0 Å². The first-order valence-corrected chi connectivity index (χ1v) is 11.4. The number of carbonyl (C=O) groups is 2. The normalized spacial score (nSPS) is 23.9. The first kappa shape index (κ1) is 21.5. The highest BCUT2D eigenvalue weighted by atomic mass is 79.9. The molecule has 1 amide bonds. The van der Waals surface area contributed by atoms with E-state index in [0.717, 1.165) is 4.47 Å². The Kier molecular flexibility index (Phi) is 5.62. The minimum Gasteiger partial charge on any atom is -0.444 e. The molecule has 1 fully saturated rings. The lowest BCUT2D eigenvalue weighted by Gasteiger charge is -2.22. The van der Waals surface area contributed by atoms with Crippen LogP contribution in [0.1, 0.15) is 32.3 Å². The molecule has 1 N–H and O–H groups in total. The Labute approximate surface area is 178 Å². The number of nitrogens with one attached hydrogen (secondary N) is 1. The summed E-state index contributed by atoms with van der Waals surface area (Å²) in [5.74, 6) is -0.731. The second-order valence-corrected chi connectivity index (χ2v) is 11.0. The maximum Gasteiger partial charge on any atom is 0.408 e. The van der Waals surface area contributed by atoms with Gasteiger partial charge in [0.25, 0.3) is 0 Å². The van der Waals surface area contributed by atoms with Crippen molar-refractivity contribution in [1.82, 2.24) is 5.32 Å². The predicted molar refractivity (Wildman–Crippen MR) is 112 cm³/mol. The van der Waals surface area contributed by atoms with Gasteiger partial charge in [-0.15, -0.1) is 0 Å². The van der Waals surface area contributed by atoms with Crippen LogP contribution in [0.25, 0.3) is 0 Å². The molecule has 0 aliphatic heterocycles. The van der Waals surface area contributed by atoms with Crippen molar-refractivity contribution in [3.8, 4) is 0 Å². The second-order valence-electron chi connectivity index (χ2n) is 7.99. The Balaban J connectivity index is 2.04. The van der Waals surface area contributed by atoms with Gasteiger partial charge in [-0.1, -0.05) is 46.3 Å². The van der Waals surface area contributed by atoms with Crippen molar-refractivity contribution in [2.24, 2.45) is 0 Å². The van der Waals surface area contributed by atoms with Gasteiger partial charge in [-0.2, -0.15) is 0 Å². The molecule has 0 unspecified atom stereocenters. The number of amides is 1. The van der Waals surface area contributed by atoms with Crippen LogP contribution in [-0.4, -0.2) is 37.2 Å². The van der Waals surface area contributed by atoms with Gasteiger partial charge in [0.15, 0.2) is 9.84 Å². The van der Waals surface area contributed by atoms with Gasteiger partial charge in [0.1, 0.15) is 22.7 Å². The first-order valence-electron chi connectivity index (χ1n) is 9.03. The molecule has 1 saturated carbocycles. The Morgan fingerprint density at radius 3 is 2.21 bits per heavy atom. The molecule has 154 valence electrons. The van der Waals surface area contributed by atoms with Crippen molar-refractivity contribution in [2.45, 2.75) is 48.0 Å². The molecule has 8 heteroatoms. The van der Waals surface area contributed by atoms with E-state index in [0.29, 0.717) is 11.8 Å². The zero-order valence-electron chi connectivity index (χ0n) is 16.3. The molecule has 0 bridgehead atoms. The molecular weight excluding hydrogens is 458 g/mol. The van der Waals surface area contributed by atoms with Crippen molar-refractivity contribution in [3.05, 3.63) is 64.6 Å². The number of ether oxygens (including phenoxy) is 1. The monoisotopic (exact) mass is 479 g/mol. The predicted octanol–water partition coefficient (Wildman–Crippen LogP) is 3.85. The van der Waals surface area contributed by atoms with Crippen molar-refractivity contribution in [1.29, 1.82) is 0 Å². The van der Waals surface area contributed by atoms with Crippen LogP contribution in [-0.2, 0) is 19.4 Å². The third kappa shape index (κ3) is 4.23. The van der Waals surface area contributed by atoms with Crippen molar-refractivity contribution in [2.75, 3.05) is 0 Å². The Morgan fingerprint density at radius 2 is 1.69 bits per heavy atom. The minimum absolute atomic E-state index is 0.0989. The van der Waals surface area contributed by atoms with Gasteiger partial charge in [0.2, 0.25) is 0 Å². The van der Waals surface area contributed by atoms with Crippen LogP contribution < -0.4 is 5.32 Å². The van der Waals surface area contributed by atoms with Gasteiger partial charge in [0, 0.05) is 10.4 Å². The van der Waals surface area contributed by atoms with Crippen LogP contribution in [0.4, 0.5) is 4.79 Å². The summed E-state index contributed by atoms with van der Waals surface area (Å²) < 4.78 is 32.7. The minimum atomic E-state index is -3.90. The molecule has 0 radical (unpaired) electrons. The number of sulfone groups is 1. The van der Waals surface area contributed by atoms with Crippen LogP contribution in [0, 0.1) is 0 Å². The molecule has 0 heterocycles. The van der Waals surface area contributed by atoms with Crippen LogP contribution >= 0.6 is 15.9 Å². The molecule has 1 aliphatic rings. The lowest BCUT2D eigenvalue weighted by Crippen LogP contribution is -2.45. The van der Waals surface area contributed by atoms with Crippen molar-refractivity contribution in [3.63, 3.8) is 0 Å². The van der Waals surface area contributed by atoms with E-state index in [4.69, 9.17) is 4.74 Å². The number of rotatable bonds is 5. The standard InChI is InChI=1S/C21H22BrNO5S/c1-20(2,3)28-19(25)23-21(13-24)17(14-9-11-15(22)12-10-14)18(21)29(26,27)16-7-5-4-6-8-16/h4-13,17-18H,1-3H3,(H,23,25)/t17-,18-,21+/m0/s1. The van der Waals surface area contributed by atoms with E-state index in [-0.39, 0.29) is 4.90 Å². The third-order valence-electron chi connectivity index (χ3n) is 4.73. The van der Waals surface area contributed by atoms with Crippen molar-refractivity contribution < 1.29 is 22.7 Å². The summed E-state index contributed by atoms with van der Waals surface area (Å²) in [4.78, 5) is 24.7. The number of halogens is 1. The third-order valence-corrected chi connectivity index (χ3v) is 7.52. The lowest BCUT2D eigenvalue weighted by atomic mass is 10.1. The quantitative estimate of drug-likeness (QED) is 0.657. The molecular formula is C21H22BrNO5S. The van der Waals surface area contributed by atoms with Gasteiger partial charge in [-0.25, -0.2) is 13.2 Å². The molecule has 0 spiro atoms. The molecule has 1 aliphatic carbocycles. The van der Waals surface area contributed by atoms with Crippen LogP contribution in [0.2, 0.25) is 0 Å². The maximum atomic E-state index is 13.3. The summed E-state index contributed by atoms with van der Waals surface area (Å²) in [6.07, 6.45) is -0.327. The average molecular weight is 480 g/mol. The second kappa shape index (κ2) is 7.57. The van der Waals surface area contributed by atoms with Gasteiger partial charge >= 0.3 is 6.09 Å². The molecule has 3 atom stereocenters.